The van der Waals surface area contributed by atoms with Gasteiger partial charge in [0.15, 0.2) is 0 Å². The second-order valence-electron chi connectivity index (χ2n) is 4.44. The molecule has 0 radical (unpaired) electrons. The molecule has 2 rings (SSSR count). The maximum absolute atomic E-state index is 12.5. The van der Waals surface area contributed by atoms with Crippen molar-refractivity contribution < 1.29 is 9.53 Å². The van der Waals surface area contributed by atoms with Crippen LogP contribution in [0.2, 0.25) is 5.02 Å². The van der Waals surface area contributed by atoms with Crippen LogP contribution in [0.3, 0.4) is 0 Å². The second kappa shape index (κ2) is 6.96. The largest absolute Gasteiger partial charge is 0.493 e. The van der Waals surface area contributed by atoms with E-state index >= 15 is 0 Å². The fraction of sp³-hybridized carbons (Fsp3) is 0.188. The summed E-state index contributed by atoms with van der Waals surface area (Å²) in [6, 6.07) is 10.8. The molecule has 0 aliphatic heterocycles. The van der Waals surface area contributed by atoms with Crippen LogP contribution in [0, 0.1) is 6.92 Å². The summed E-state index contributed by atoms with van der Waals surface area (Å²) >= 11 is 9.44. The van der Waals surface area contributed by atoms with Gasteiger partial charge in [-0.3, -0.25) is 4.79 Å². The molecule has 2 aromatic carbocycles. The number of nitrogens with one attached hydrogen (secondary N) is 1. The zero-order chi connectivity index (χ0) is 15.4. The normalized spacial score (nSPS) is 10.3. The van der Waals surface area contributed by atoms with Gasteiger partial charge in [0.25, 0.3) is 5.91 Å². The number of hydrogen-bond donors (Lipinski definition) is 1. The van der Waals surface area contributed by atoms with Gasteiger partial charge in [-0.1, -0.05) is 33.6 Å². The molecule has 1 amide bonds. The number of ether oxygens (including phenoxy) is 1. The lowest BCUT2D eigenvalue weighted by Crippen LogP contribution is -2.14. The number of anilines is 1. The Bertz CT molecular complexity index is 673. The maximum Gasteiger partial charge on any atom is 0.259 e. The number of carbonyl (C=O) groups is 1. The van der Waals surface area contributed by atoms with Crippen LogP contribution in [-0.2, 0) is 0 Å². The van der Waals surface area contributed by atoms with Gasteiger partial charge in [0.1, 0.15) is 5.75 Å². The van der Waals surface area contributed by atoms with Crippen molar-refractivity contribution in [3.63, 3.8) is 0 Å². The van der Waals surface area contributed by atoms with E-state index < -0.39 is 0 Å². The van der Waals surface area contributed by atoms with E-state index in [0.29, 0.717) is 28.6 Å². The third-order valence-electron chi connectivity index (χ3n) is 3.00. The third kappa shape index (κ3) is 3.77. The van der Waals surface area contributed by atoms with Crippen LogP contribution in [0.25, 0.3) is 0 Å². The number of rotatable bonds is 4. The van der Waals surface area contributed by atoms with Crippen molar-refractivity contribution in [3.05, 3.63) is 57.0 Å². The Hall–Kier alpha value is -1.52. The van der Waals surface area contributed by atoms with Gasteiger partial charge in [0.05, 0.1) is 12.2 Å². The van der Waals surface area contributed by atoms with Crippen LogP contribution in [-0.4, -0.2) is 12.5 Å². The fourth-order valence-electron chi connectivity index (χ4n) is 1.89. The summed E-state index contributed by atoms with van der Waals surface area (Å²) in [6.07, 6.45) is 0. The number of benzene rings is 2. The van der Waals surface area contributed by atoms with E-state index in [-0.39, 0.29) is 5.91 Å². The third-order valence-corrected chi connectivity index (χ3v) is 3.90. The Morgan fingerprint density at radius 3 is 2.81 bits per heavy atom. The van der Waals surface area contributed by atoms with Gasteiger partial charge in [-0.05, 0) is 49.7 Å². The SMILES string of the molecule is CCOc1ccc(Br)cc1C(=O)Nc1cccc(Cl)c1C. The van der Waals surface area contributed by atoms with E-state index in [2.05, 4.69) is 21.2 Å². The Kier molecular flexibility index (Phi) is 5.26. The first kappa shape index (κ1) is 15.9. The van der Waals surface area contributed by atoms with Crippen molar-refractivity contribution in [2.45, 2.75) is 13.8 Å². The van der Waals surface area contributed by atoms with E-state index in [4.69, 9.17) is 16.3 Å². The van der Waals surface area contributed by atoms with Crippen LogP contribution in [0.5, 0.6) is 5.75 Å². The van der Waals surface area contributed by atoms with Gasteiger partial charge in [-0.25, -0.2) is 0 Å². The molecule has 1 N–H and O–H groups in total. The lowest BCUT2D eigenvalue weighted by atomic mass is 10.1. The van der Waals surface area contributed by atoms with Crippen molar-refractivity contribution in [2.24, 2.45) is 0 Å². The number of amides is 1. The molecule has 3 nitrogen and oxygen atoms in total. The zero-order valence-corrected chi connectivity index (χ0v) is 14.1. The Morgan fingerprint density at radius 1 is 1.33 bits per heavy atom. The molecule has 0 aliphatic carbocycles. The molecule has 0 aromatic heterocycles. The highest BCUT2D eigenvalue weighted by molar-refractivity contribution is 9.10. The maximum atomic E-state index is 12.5. The minimum absolute atomic E-state index is 0.231. The van der Waals surface area contributed by atoms with Crippen molar-refractivity contribution >= 4 is 39.1 Å². The van der Waals surface area contributed by atoms with Gasteiger partial charge in [0.2, 0.25) is 0 Å². The zero-order valence-electron chi connectivity index (χ0n) is 11.7. The van der Waals surface area contributed by atoms with Crippen LogP contribution in [0.4, 0.5) is 5.69 Å². The number of halogens is 2. The number of hydrogen-bond acceptors (Lipinski definition) is 2. The van der Waals surface area contributed by atoms with Crippen LogP contribution < -0.4 is 10.1 Å². The lowest BCUT2D eigenvalue weighted by Gasteiger charge is -2.13. The summed E-state index contributed by atoms with van der Waals surface area (Å²) < 4.78 is 6.32. The van der Waals surface area contributed by atoms with Crippen molar-refractivity contribution in [2.75, 3.05) is 11.9 Å². The predicted molar refractivity (Wildman–Crippen MR) is 89.5 cm³/mol. The van der Waals surface area contributed by atoms with Crippen LogP contribution >= 0.6 is 27.5 Å². The fourth-order valence-corrected chi connectivity index (χ4v) is 2.43. The molecule has 0 saturated carbocycles. The predicted octanol–water partition coefficient (Wildman–Crippen LogP) is 5.06. The van der Waals surface area contributed by atoms with E-state index in [1.165, 1.54) is 0 Å². The van der Waals surface area contributed by atoms with Crippen LogP contribution in [0.1, 0.15) is 22.8 Å². The van der Waals surface area contributed by atoms with E-state index in [1.54, 1.807) is 24.3 Å². The summed E-state index contributed by atoms with van der Waals surface area (Å²) in [5.41, 5.74) is 2.00. The van der Waals surface area contributed by atoms with Gasteiger partial charge < -0.3 is 10.1 Å². The van der Waals surface area contributed by atoms with Gasteiger partial charge in [-0.2, -0.15) is 0 Å². The summed E-state index contributed by atoms with van der Waals surface area (Å²) in [7, 11) is 0. The molecule has 0 heterocycles. The summed E-state index contributed by atoms with van der Waals surface area (Å²) in [4.78, 5) is 12.5. The molecule has 21 heavy (non-hydrogen) atoms. The topological polar surface area (TPSA) is 38.3 Å². The highest BCUT2D eigenvalue weighted by Crippen LogP contribution is 2.27. The average Bonchev–Trinajstić information content (AvgIpc) is 2.46. The van der Waals surface area contributed by atoms with Gasteiger partial charge in [0, 0.05) is 15.2 Å². The molecule has 0 fully saturated rings. The summed E-state index contributed by atoms with van der Waals surface area (Å²) in [5, 5.41) is 3.49. The number of carbonyl (C=O) groups excluding carboxylic acids is 1. The van der Waals surface area contributed by atoms with Gasteiger partial charge in [-0.15, -0.1) is 0 Å². The molecule has 2 aromatic rings. The molecule has 110 valence electrons. The van der Waals surface area contributed by atoms with Gasteiger partial charge >= 0.3 is 0 Å². The standard InChI is InChI=1S/C16H15BrClNO2/c1-3-21-15-8-7-11(17)9-12(15)16(20)19-14-6-4-5-13(18)10(14)2/h4-9H,3H2,1-2H3,(H,19,20). The van der Waals surface area contributed by atoms with Crippen molar-refractivity contribution in [1.29, 1.82) is 0 Å². The summed E-state index contributed by atoms with van der Waals surface area (Å²) in [6.45, 7) is 4.24. The minimum Gasteiger partial charge on any atom is -0.493 e. The highest BCUT2D eigenvalue weighted by Gasteiger charge is 2.14. The monoisotopic (exact) mass is 367 g/mol. The molecular formula is C16H15BrClNO2. The van der Waals surface area contributed by atoms with E-state index in [9.17, 15) is 4.79 Å². The summed E-state index contributed by atoms with van der Waals surface area (Å²) in [5.74, 6) is 0.322. The average molecular weight is 369 g/mol. The Labute approximate surface area is 137 Å². The molecule has 5 heteroatoms. The van der Waals surface area contributed by atoms with Crippen LogP contribution in [0.15, 0.2) is 40.9 Å². The van der Waals surface area contributed by atoms with E-state index in [0.717, 1.165) is 10.0 Å². The molecule has 0 aliphatic rings. The molecule has 0 saturated heterocycles. The van der Waals surface area contributed by atoms with Crippen molar-refractivity contribution in [1.82, 2.24) is 0 Å². The second-order valence-corrected chi connectivity index (χ2v) is 5.76. The first-order chi connectivity index (χ1) is 10.0. The Balaban J connectivity index is 2.32. The smallest absolute Gasteiger partial charge is 0.259 e. The molecule has 0 spiro atoms. The molecule has 0 bridgehead atoms. The van der Waals surface area contributed by atoms with Crippen molar-refractivity contribution in [3.8, 4) is 5.75 Å². The Morgan fingerprint density at radius 2 is 2.10 bits per heavy atom. The molecular weight excluding hydrogens is 354 g/mol. The highest BCUT2D eigenvalue weighted by atomic mass is 79.9. The molecule has 0 unspecified atom stereocenters. The molecule has 0 atom stereocenters. The van der Waals surface area contributed by atoms with E-state index in [1.807, 2.05) is 26.0 Å². The quantitative estimate of drug-likeness (QED) is 0.819. The lowest BCUT2D eigenvalue weighted by molar-refractivity contribution is 0.102. The minimum atomic E-state index is -0.231. The first-order valence-corrected chi connectivity index (χ1v) is 7.69. The first-order valence-electron chi connectivity index (χ1n) is 6.51.